The van der Waals surface area contributed by atoms with Gasteiger partial charge in [0.1, 0.15) is 5.75 Å². The number of benzene rings is 1. The highest BCUT2D eigenvalue weighted by atomic mass is 35.5. The maximum absolute atomic E-state index is 5.91. The highest BCUT2D eigenvalue weighted by Gasteiger charge is 2.09. The maximum atomic E-state index is 5.91. The van der Waals surface area contributed by atoms with E-state index in [1.807, 2.05) is 6.07 Å². The van der Waals surface area contributed by atoms with Crippen LogP contribution in [0.25, 0.3) is 11.4 Å². The quantitative estimate of drug-likeness (QED) is 0.920. The SMILES string of the molecule is COc1cc(Cl)ccc1-c1ncc(CCN)cn1. The third-order valence-corrected chi connectivity index (χ3v) is 2.78. The Balaban J connectivity index is 2.36. The Kier molecular flexibility index (Phi) is 4.12. The van der Waals surface area contributed by atoms with Crippen molar-refractivity contribution in [3.63, 3.8) is 0 Å². The Morgan fingerprint density at radius 1 is 1.28 bits per heavy atom. The van der Waals surface area contributed by atoms with Crippen molar-refractivity contribution >= 4 is 11.6 Å². The van der Waals surface area contributed by atoms with E-state index in [9.17, 15) is 0 Å². The summed E-state index contributed by atoms with van der Waals surface area (Å²) in [7, 11) is 1.60. The molecule has 0 aliphatic rings. The molecule has 0 bridgehead atoms. The van der Waals surface area contributed by atoms with Crippen LogP contribution < -0.4 is 10.5 Å². The van der Waals surface area contributed by atoms with Crippen molar-refractivity contribution < 1.29 is 4.74 Å². The Morgan fingerprint density at radius 2 is 2.00 bits per heavy atom. The first-order chi connectivity index (χ1) is 8.74. The summed E-state index contributed by atoms with van der Waals surface area (Å²) in [5, 5.41) is 0.621. The fraction of sp³-hybridized carbons (Fsp3) is 0.231. The minimum atomic E-state index is 0.590. The molecule has 0 aliphatic carbocycles. The second-order valence-corrected chi connectivity index (χ2v) is 4.23. The second kappa shape index (κ2) is 5.80. The molecule has 1 aromatic heterocycles. The molecule has 0 atom stereocenters. The molecular formula is C13H14ClN3O. The molecule has 0 fully saturated rings. The van der Waals surface area contributed by atoms with Gasteiger partial charge in [-0.2, -0.15) is 0 Å². The number of ether oxygens (including phenoxy) is 1. The van der Waals surface area contributed by atoms with E-state index in [1.54, 1.807) is 31.6 Å². The average molecular weight is 264 g/mol. The van der Waals surface area contributed by atoms with Crippen molar-refractivity contribution in [3.05, 3.63) is 41.2 Å². The number of halogens is 1. The summed E-state index contributed by atoms with van der Waals surface area (Å²) in [6.45, 7) is 0.590. The predicted molar refractivity (Wildman–Crippen MR) is 71.8 cm³/mol. The molecule has 0 unspecified atom stereocenters. The van der Waals surface area contributed by atoms with Gasteiger partial charge in [0.25, 0.3) is 0 Å². The zero-order valence-electron chi connectivity index (χ0n) is 10.1. The molecular weight excluding hydrogens is 250 g/mol. The van der Waals surface area contributed by atoms with E-state index in [2.05, 4.69) is 9.97 Å². The highest BCUT2D eigenvalue weighted by Crippen LogP contribution is 2.29. The van der Waals surface area contributed by atoms with Gasteiger partial charge in [0.2, 0.25) is 0 Å². The van der Waals surface area contributed by atoms with E-state index in [-0.39, 0.29) is 0 Å². The van der Waals surface area contributed by atoms with Gasteiger partial charge < -0.3 is 10.5 Å². The molecule has 4 nitrogen and oxygen atoms in total. The highest BCUT2D eigenvalue weighted by molar-refractivity contribution is 6.30. The molecule has 0 amide bonds. The van der Waals surface area contributed by atoms with Gasteiger partial charge in [-0.05, 0) is 36.7 Å². The number of hydrogen-bond acceptors (Lipinski definition) is 4. The lowest BCUT2D eigenvalue weighted by atomic mass is 10.1. The standard InChI is InChI=1S/C13H14ClN3O/c1-18-12-6-10(14)2-3-11(12)13-16-7-9(4-5-15)8-17-13/h2-3,6-8H,4-5,15H2,1H3. The van der Waals surface area contributed by atoms with Crippen molar-refractivity contribution in [1.82, 2.24) is 9.97 Å². The van der Waals surface area contributed by atoms with E-state index >= 15 is 0 Å². The second-order valence-electron chi connectivity index (χ2n) is 3.80. The Morgan fingerprint density at radius 3 is 2.61 bits per heavy atom. The molecule has 94 valence electrons. The van der Waals surface area contributed by atoms with E-state index in [0.29, 0.717) is 23.1 Å². The summed E-state index contributed by atoms with van der Waals surface area (Å²) in [5.74, 6) is 1.28. The monoisotopic (exact) mass is 263 g/mol. The number of rotatable bonds is 4. The Labute approximate surface area is 111 Å². The summed E-state index contributed by atoms with van der Waals surface area (Å²) >= 11 is 5.91. The molecule has 0 spiro atoms. The average Bonchev–Trinajstić information content (AvgIpc) is 2.40. The first kappa shape index (κ1) is 12.8. The third-order valence-electron chi connectivity index (χ3n) is 2.54. The number of aromatic nitrogens is 2. The molecule has 1 heterocycles. The number of hydrogen-bond donors (Lipinski definition) is 1. The van der Waals surface area contributed by atoms with Crippen LogP contribution in [-0.2, 0) is 6.42 Å². The zero-order valence-corrected chi connectivity index (χ0v) is 10.8. The lowest BCUT2D eigenvalue weighted by Crippen LogP contribution is -2.04. The van der Waals surface area contributed by atoms with Gasteiger partial charge in [0, 0.05) is 17.4 Å². The largest absolute Gasteiger partial charge is 0.496 e. The predicted octanol–water partition coefficient (Wildman–Crippen LogP) is 2.31. The molecule has 0 saturated carbocycles. The molecule has 1 aromatic carbocycles. The summed E-state index contributed by atoms with van der Waals surface area (Å²) in [5.41, 5.74) is 7.32. The van der Waals surface area contributed by atoms with E-state index in [4.69, 9.17) is 22.1 Å². The molecule has 2 aromatic rings. The Bertz CT molecular complexity index is 528. The summed E-state index contributed by atoms with van der Waals surface area (Å²) in [6, 6.07) is 5.38. The van der Waals surface area contributed by atoms with Gasteiger partial charge in [0.05, 0.1) is 12.7 Å². The van der Waals surface area contributed by atoms with Crippen LogP contribution in [0.4, 0.5) is 0 Å². The van der Waals surface area contributed by atoms with Crippen LogP contribution in [0, 0.1) is 0 Å². The third kappa shape index (κ3) is 2.78. The van der Waals surface area contributed by atoms with E-state index in [0.717, 1.165) is 17.5 Å². The van der Waals surface area contributed by atoms with E-state index in [1.165, 1.54) is 0 Å². The molecule has 2 rings (SSSR count). The molecule has 5 heteroatoms. The van der Waals surface area contributed by atoms with Crippen LogP contribution in [0.15, 0.2) is 30.6 Å². The lowest BCUT2D eigenvalue weighted by Gasteiger charge is -2.08. The molecule has 2 N–H and O–H groups in total. The van der Waals surface area contributed by atoms with Crippen LogP contribution in [0.2, 0.25) is 5.02 Å². The number of nitrogens with two attached hydrogens (primary N) is 1. The number of nitrogens with zero attached hydrogens (tertiary/aromatic N) is 2. The fourth-order valence-corrected chi connectivity index (χ4v) is 1.80. The zero-order chi connectivity index (χ0) is 13.0. The minimum Gasteiger partial charge on any atom is -0.496 e. The first-order valence-electron chi connectivity index (χ1n) is 5.59. The van der Waals surface area contributed by atoms with Gasteiger partial charge in [-0.3, -0.25) is 0 Å². The van der Waals surface area contributed by atoms with Gasteiger partial charge >= 0.3 is 0 Å². The normalized spacial score (nSPS) is 10.4. The van der Waals surface area contributed by atoms with Gasteiger partial charge in [-0.15, -0.1) is 0 Å². The van der Waals surface area contributed by atoms with Crippen LogP contribution >= 0.6 is 11.6 Å². The van der Waals surface area contributed by atoms with Gasteiger partial charge in [0.15, 0.2) is 5.82 Å². The van der Waals surface area contributed by atoms with Crippen molar-refractivity contribution in [2.75, 3.05) is 13.7 Å². The van der Waals surface area contributed by atoms with Crippen LogP contribution in [0.3, 0.4) is 0 Å². The number of methoxy groups -OCH3 is 1. The van der Waals surface area contributed by atoms with Crippen LogP contribution in [0.5, 0.6) is 5.75 Å². The van der Waals surface area contributed by atoms with Gasteiger partial charge in [-0.1, -0.05) is 11.6 Å². The minimum absolute atomic E-state index is 0.590. The Hall–Kier alpha value is -1.65. The molecule has 0 saturated heterocycles. The maximum Gasteiger partial charge on any atom is 0.162 e. The van der Waals surface area contributed by atoms with Crippen molar-refractivity contribution in [2.45, 2.75) is 6.42 Å². The van der Waals surface area contributed by atoms with Crippen LogP contribution in [-0.4, -0.2) is 23.6 Å². The van der Waals surface area contributed by atoms with Crippen molar-refractivity contribution in [3.8, 4) is 17.1 Å². The summed E-state index contributed by atoms with van der Waals surface area (Å²) < 4.78 is 5.27. The lowest BCUT2D eigenvalue weighted by molar-refractivity contribution is 0.416. The molecule has 0 aliphatic heterocycles. The van der Waals surface area contributed by atoms with Crippen molar-refractivity contribution in [2.24, 2.45) is 5.73 Å². The first-order valence-corrected chi connectivity index (χ1v) is 5.97. The van der Waals surface area contributed by atoms with Crippen LogP contribution in [0.1, 0.15) is 5.56 Å². The summed E-state index contributed by atoms with van der Waals surface area (Å²) in [6.07, 6.45) is 4.34. The molecule has 0 radical (unpaired) electrons. The smallest absolute Gasteiger partial charge is 0.162 e. The molecule has 18 heavy (non-hydrogen) atoms. The van der Waals surface area contributed by atoms with E-state index < -0.39 is 0 Å². The fourth-order valence-electron chi connectivity index (χ4n) is 1.64. The summed E-state index contributed by atoms with van der Waals surface area (Å²) in [4.78, 5) is 8.63. The van der Waals surface area contributed by atoms with Crippen molar-refractivity contribution in [1.29, 1.82) is 0 Å². The van der Waals surface area contributed by atoms with Gasteiger partial charge in [-0.25, -0.2) is 9.97 Å². The topological polar surface area (TPSA) is 61.0 Å².